The third-order valence-corrected chi connectivity index (χ3v) is 5.97. The minimum atomic E-state index is -4.55. The van der Waals surface area contributed by atoms with Crippen LogP contribution in [0.3, 0.4) is 0 Å². The van der Waals surface area contributed by atoms with E-state index in [1.165, 1.54) is 10.7 Å². The molecule has 6 nitrogen and oxygen atoms in total. The Balaban J connectivity index is 1.60. The predicted molar refractivity (Wildman–Crippen MR) is 125 cm³/mol. The molecular formula is C27H17F3N4O2. The second-order valence-electron chi connectivity index (χ2n) is 8.25. The van der Waals surface area contributed by atoms with Gasteiger partial charge in [-0.15, -0.1) is 0 Å². The fourth-order valence-corrected chi connectivity index (χ4v) is 4.28. The Morgan fingerprint density at radius 1 is 1.00 bits per heavy atom. The lowest BCUT2D eigenvalue weighted by Crippen LogP contribution is -2.29. The molecule has 5 rings (SSSR count). The highest BCUT2D eigenvalue weighted by atomic mass is 19.4. The van der Waals surface area contributed by atoms with Gasteiger partial charge in [-0.25, -0.2) is 4.68 Å². The molecule has 0 aliphatic heterocycles. The average Bonchev–Trinajstić information content (AvgIpc) is 3.42. The van der Waals surface area contributed by atoms with Crippen LogP contribution < -0.4 is 5.32 Å². The summed E-state index contributed by atoms with van der Waals surface area (Å²) < 4.78 is 41.8. The van der Waals surface area contributed by atoms with Gasteiger partial charge >= 0.3 is 6.18 Å². The monoisotopic (exact) mass is 486 g/mol. The van der Waals surface area contributed by atoms with Crippen molar-refractivity contribution in [3.8, 4) is 23.0 Å². The van der Waals surface area contributed by atoms with Gasteiger partial charge in [0.05, 0.1) is 23.0 Å². The summed E-state index contributed by atoms with van der Waals surface area (Å²) in [7, 11) is 0. The molecule has 0 fully saturated rings. The van der Waals surface area contributed by atoms with Gasteiger partial charge in [0.15, 0.2) is 5.92 Å². The number of ketones is 1. The van der Waals surface area contributed by atoms with E-state index in [0.29, 0.717) is 33.8 Å². The van der Waals surface area contributed by atoms with Crippen molar-refractivity contribution in [3.05, 3.63) is 101 Å². The molecule has 36 heavy (non-hydrogen) atoms. The molecule has 1 aromatic heterocycles. The van der Waals surface area contributed by atoms with Crippen LogP contribution in [-0.2, 0) is 17.4 Å². The normalized spacial score (nSPS) is 12.8. The van der Waals surface area contributed by atoms with E-state index in [0.717, 1.165) is 12.1 Å². The fraction of sp³-hybridized carbons (Fsp3) is 0.111. The van der Waals surface area contributed by atoms with E-state index in [1.54, 1.807) is 66.7 Å². The molecule has 0 saturated carbocycles. The lowest BCUT2D eigenvalue weighted by molar-refractivity contribution is -0.137. The number of para-hydroxylation sites is 2. The van der Waals surface area contributed by atoms with Crippen LogP contribution in [0.15, 0.2) is 78.9 Å². The van der Waals surface area contributed by atoms with Gasteiger partial charge in [0.1, 0.15) is 5.69 Å². The minimum absolute atomic E-state index is 0.117. The molecule has 1 amide bonds. The second-order valence-corrected chi connectivity index (χ2v) is 8.25. The number of rotatable bonds is 5. The first kappa shape index (κ1) is 23.1. The van der Waals surface area contributed by atoms with E-state index in [2.05, 4.69) is 10.4 Å². The summed E-state index contributed by atoms with van der Waals surface area (Å²) >= 11 is 0. The molecule has 1 unspecified atom stereocenters. The summed E-state index contributed by atoms with van der Waals surface area (Å²) in [5.41, 5.74) is 1.63. The van der Waals surface area contributed by atoms with Gasteiger partial charge in [0.25, 0.3) is 0 Å². The summed E-state index contributed by atoms with van der Waals surface area (Å²) in [5, 5.41) is 16.6. The van der Waals surface area contributed by atoms with E-state index >= 15 is 0 Å². The van der Waals surface area contributed by atoms with Gasteiger partial charge in [-0.05, 0) is 42.0 Å². The molecule has 3 aromatic carbocycles. The number of aromatic nitrogens is 2. The first-order chi connectivity index (χ1) is 17.3. The Morgan fingerprint density at radius 2 is 1.67 bits per heavy atom. The zero-order valence-corrected chi connectivity index (χ0v) is 18.6. The number of hydrogen-bond donors (Lipinski definition) is 1. The summed E-state index contributed by atoms with van der Waals surface area (Å²) in [6, 6.07) is 22.2. The minimum Gasteiger partial charge on any atom is -0.325 e. The molecule has 1 aliphatic rings. The molecular weight excluding hydrogens is 469 g/mol. The number of nitrogens with zero attached hydrogens (tertiary/aromatic N) is 3. The maximum absolute atomic E-state index is 13.5. The van der Waals surface area contributed by atoms with Crippen LogP contribution in [0.25, 0.3) is 16.9 Å². The Hall–Kier alpha value is -4.71. The number of carbonyl (C=O) groups is 2. The molecule has 1 atom stereocenters. The summed E-state index contributed by atoms with van der Waals surface area (Å²) in [6.07, 6.45) is -4.40. The molecule has 0 saturated heterocycles. The van der Waals surface area contributed by atoms with Gasteiger partial charge in [-0.1, -0.05) is 42.5 Å². The fourth-order valence-electron chi connectivity index (χ4n) is 4.28. The number of nitriles is 1. The van der Waals surface area contributed by atoms with Crippen LogP contribution in [0, 0.1) is 17.2 Å². The number of halogens is 3. The topological polar surface area (TPSA) is 87.8 Å². The van der Waals surface area contributed by atoms with Crippen LogP contribution in [0.5, 0.6) is 0 Å². The van der Waals surface area contributed by atoms with Crippen LogP contribution >= 0.6 is 0 Å². The van der Waals surface area contributed by atoms with Crippen molar-refractivity contribution in [2.45, 2.75) is 12.6 Å². The van der Waals surface area contributed by atoms with Crippen LogP contribution in [0.4, 0.5) is 18.9 Å². The SMILES string of the molecule is N#CC(C(=O)Nc1ccccc1)C(=O)c1nn(-c2ccccc2)c2c1Cc1ccc(C(F)(F)F)cc1-2. The van der Waals surface area contributed by atoms with Gasteiger partial charge in [0.2, 0.25) is 11.7 Å². The molecule has 0 spiro atoms. The maximum Gasteiger partial charge on any atom is 0.416 e. The molecule has 1 aliphatic carbocycles. The highest BCUT2D eigenvalue weighted by Crippen LogP contribution is 2.43. The molecule has 9 heteroatoms. The van der Waals surface area contributed by atoms with Crippen molar-refractivity contribution in [2.75, 3.05) is 5.32 Å². The molecule has 0 bridgehead atoms. The second kappa shape index (κ2) is 8.82. The van der Waals surface area contributed by atoms with Crippen molar-refractivity contribution in [3.63, 3.8) is 0 Å². The zero-order chi connectivity index (χ0) is 25.4. The molecule has 1 N–H and O–H groups in total. The van der Waals surface area contributed by atoms with E-state index < -0.39 is 29.3 Å². The summed E-state index contributed by atoms with van der Waals surface area (Å²) in [4.78, 5) is 26.2. The number of fused-ring (bicyclic) bond motifs is 3. The van der Waals surface area contributed by atoms with E-state index in [1.807, 2.05) is 0 Å². The van der Waals surface area contributed by atoms with Crippen LogP contribution in [0.1, 0.15) is 27.2 Å². The van der Waals surface area contributed by atoms with Gasteiger partial charge < -0.3 is 5.32 Å². The number of amides is 1. The number of benzene rings is 3. The van der Waals surface area contributed by atoms with Crippen LogP contribution in [-0.4, -0.2) is 21.5 Å². The molecule has 1 heterocycles. The third-order valence-electron chi connectivity index (χ3n) is 5.97. The average molecular weight is 486 g/mol. The molecule has 178 valence electrons. The highest BCUT2D eigenvalue weighted by molar-refractivity contribution is 6.16. The third kappa shape index (κ3) is 4.03. The van der Waals surface area contributed by atoms with E-state index in [4.69, 9.17) is 0 Å². The van der Waals surface area contributed by atoms with Crippen molar-refractivity contribution < 1.29 is 22.8 Å². The zero-order valence-electron chi connectivity index (χ0n) is 18.6. The number of Topliss-reactive ketones (excluding diaryl/α,β-unsaturated/α-hetero) is 1. The Morgan fingerprint density at radius 3 is 2.31 bits per heavy atom. The summed E-state index contributed by atoms with van der Waals surface area (Å²) in [5.74, 6) is -3.32. The standard InChI is InChI=1S/C27H17F3N4O2/c28-27(29,30)17-12-11-16-13-21-23(25(35)22(15-31)26(36)32-18-7-3-1-4-8-18)33-34(24(21)20(16)14-17)19-9-5-2-6-10-19/h1-12,14,22H,13H2,(H,32,36). The van der Waals surface area contributed by atoms with Gasteiger partial charge in [-0.2, -0.15) is 23.5 Å². The quantitative estimate of drug-likeness (QED) is 0.265. The first-order valence-electron chi connectivity index (χ1n) is 11.0. The predicted octanol–water partition coefficient (Wildman–Crippen LogP) is 5.42. The Labute approximate surface area is 203 Å². The maximum atomic E-state index is 13.5. The molecule has 0 radical (unpaired) electrons. The number of alkyl halides is 3. The Bertz CT molecular complexity index is 1520. The number of hydrogen-bond acceptors (Lipinski definition) is 4. The number of nitrogens with one attached hydrogen (secondary N) is 1. The van der Waals surface area contributed by atoms with Crippen LogP contribution in [0.2, 0.25) is 0 Å². The number of carbonyl (C=O) groups excluding carboxylic acids is 2. The van der Waals surface area contributed by atoms with Gasteiger partial charge in [-0.3, -0.25) is 9.59 Å². The van der Waals surface area contributed by atoms with E-state index in [9.17, 15) is 28.0 Å². The first-order valence-corrected chi connectivity index (χ1v) is 11.0. The van der Waals surface area contributed by atoms with Crippen molar-refractivity contribution in [1.82, 2.24) is 9.78 Å². The summed E-state index contributed by atoms with van der Waals surface area (Å²) in [6.45, 7) is 0. The van der Waals surface area contributed by atoms with Crippen molar-refractivity contribution in [1.29, 1.82) is 5.26 Å². The Kier molecular flexibility index (Phi) is 5.65. The van der Waals surface area contributed by atoms with Crippen molar-refractivity contribution in [2.24, 2.45) is 5.92 Å². The lowest BCUT2D eigenvalue weighted by atomic mass is 9.98. The van der Waals surface area contributed by atoms with Crippen molar-refractivity contribution >= 4 is 17.4 Å². The largest absolute Gasteiger partial charge is 0.416 e. The highest BCUT2D eigenvalue weighted by Gasteiger charge is 2.38. The molecule has 4 aromatic rings. The van der Waals surface area contributed by atoms with E-state index in [-0.39, 0.29) is 12.1 Å². The lowest BCUT2D eigenvalue weighted by Gasteiger charge is -2.11. The number of anilines is 1. The smallest absolute Gasteiger partial charge is 0.325 e. The van der Waals surface area contributed by atoms with Gasteiger partial charge in [0, 0.05) is 23.2 Å².